The molecule has 0 unspecified atom stereocenters. The summed E-state index contributed by atoms with van der Waals surface area (Å²) in [6.07, 6.45) is 4.47. The quantitative estimate of drug-likeness (QED) is 0.636. The van der Waals surface area contributed by atoms with Crippen LogP contribution in [0, 0.1) is 5.92 Å². The van der Waals surface area contributed by atoms with Crippen LogP contribution in [0.25, 0.3) is 0 Å². The maximum Gasteiger partial charge on any atom is 0.308 e. The van der Waals surface area contributed by atoms with Gasteiger partial charge in [0.25, 0.3) is 5.91 Å². The minimum absolute atomic E-state index is 0.0328. The van der Waals surface area contributed by atoms with E-state index in [0.29, 0.717) is 38.4 Å². The molecule has 9 heteroatoms. The van der Waals surface area contributed by atoms with E-state index in [2.05, 4.69) is 20.6 Å². The standard InChI is InChI=1S/C21H25N5O4/c27-18(15-30-19(28)7-12-24-21-22-10-4-11-23-21)26-13-8-16(9-14-26)20(29)25-17-5-2-1-3-6-17/h1-6,10-11,16H,7-9,12-15H2,(H,25,29)(H,22,23,24). The first-order chi connectivity index (χ1) is 14.6. The van der Waals surface area contributed by atoms with Gasteiger partial charge in [0.15, 0.2) is 6.61 Å². The number of carbonyl (C=O) groups excluding carboxylic acids is 3. The second-order valence-corrected chi connectivity index (χ2v) is 6.92. The van der Waals surface area contributed by atoms with Gasteiger partial charge in [0.2, 0.25) is 11.9 Å². The fourth-order valence-electron chi connectivity index (χ4n) is 3.13. The van der Waals surface area contributed by atoms with Gasteiger partial charge in [0.05, 0.1) is 6.42 Å². The number of amides is 2. The molecule has 2 N–H and O–H groups in total. The molecule has 1 aromatic carbocycles. The van der Waals surface area contributed by atoms with E-state index < -0.39 is 5.97 Å². The molecule has 1 aliphatic heterocycles. The molecule has 2 amide bonds. The molecule has 0 aliphatic carbocycles. The maximum atomic E-state index is 12.4. The highest BCUT2D eigenvalue weighted by Crippen LogP contribution is 2.19. The Balaban J connectivity index is 1.32. The average molecular weight is 411 g/mol. The van der Waals surface area contributed by atoms with E-state index in [-0.39, 0.29) is 30.8 Å². The topological polar surface area (TPSA) is 114 Å². The van der Waals surface area contributed by atoms with Gasteiger partial charge < -0.3 is 20.3 Å². The van der Waals surface area contributed by atoms with Crippen molar-refractivity contribution < 1.29 is 19.1 Å². The molecule has 158 valence electrons. The normalized spacial score (nSPS) is 14.1. The van der Waals surface area contributed by atoms with E-state index in [9.17, 15) is 14.4 Å². The van der Waals surface area contributed by atoms with Crippen molar-refractivity contribution in [3.63, 3.8) is 0 Å². The Morgan fingerprint density at radius 3 is 2.43 bits per heavy atom. The molecule has 3 rings (SSSR count). The van der Waals surface area contributed by atoms with Crippen LogP contribution < -0.4 is 10.6 Å². The number of hydrogen-bond donors (Lipinski definition) is 2. The number of piperidine rings is 1. The lowest BCUT2D eigenvalue weighted by molar-refractivity contribution is -0.152. The molecule has 1 fully saturated rings. The van der Waals surface area contributed by atoms with Crippen LogP contribution in [0.4, 0.5) is 11.6 Å². The number of carbonyl (C=O) groups is 3. The van der Waals surface area contributed by atoms with Crippen molar-refractivity contribution in [1.29, 1.82) is 0 Å². The number of hydrogen-bond acceptors (Lipinski definition) is 7. The van der Waals surface area contributed by atoms with Gasteiger partial charge in [-0.15, -0.1) is 0 Å². The zero-order valence-corrected chi connectivity index (χ0v) is 16.6. The van der Waals surface area contributed by atoms with Gasteiger partial charge in [-0.05, 0) is 31.0 Å². The van der Waals surface area contributed by atoms with Crippen LogP contribution in [0.1, 0.15) is 19.3 Å². The van der Waals surface area contributed by atoms with Crippen molar-refractivity contribution in [3.8, 4) is 0 Å². The van der Waals surface area contributed by atoms with Crippen molar-refractivity contribution >= 4 is 29.4 Å². The molecule has 0 radical (unpaired) electrons. The molecular formula is C21H25N5O4. The summed E-state index contributed by atoms with van der Waals surface area (Å²) >= 11 is 0. The minimum atomic E-state index is -0.469. The van der Waals surface area contributed by atoms with Gasteiger partial charge in [-0.25, -0.2) is 9.97 Å². The molecule has 9 nitrogen and oxygen atoms in total. The summed E-state index contributed by atoms with van der Waals surface area (Å²) in [5.41, 5.74) is 0.765. The van der Waals surface area contributed by atoms with Crippen LogP contribution in [-0.4, -0.2) is 58.9 Å². The van der Waals surface area contributed by atoms with Crippen LogP contribution in [0.3, 0.4) is 0 Å². The Bertz CT molecular complexity index is 839. The third kappa shape index (κ3) is 6.54. The highest BCUT2D eigenvalue weighted by molar-refractivity contribution is 5.92. The summed E-state index contributed by atoms with van der Waals surface area (Å²) in [5.74, 6) is -0.452. The van der Waals surface area contributed by atoms with E-state index >= 15 is 0 Å². The lowest BCUT2D eigenvalue weighted by atomic mass is 9.95. The third-order valence-electron chi connectivity index (χ3n) is 4.79. The molecule has 1 saturated heterocycles. The Hall–Kier alpha value is -3.49. The summed E-state index contributed by atoms with van der Waals surface area (Å²) in [4.78, 5) is 46.1. The number of benzene rings is 1. The molecule has 0 atom stereocenters. The molecule has 2 heterocycles. The minimum Gasteiger partial charge on any atom is -0.456 e. The zero-order valence-electron chi connectivity index (χ0n) is 16.6. The predicted octanol–water partition coefficient (Wildman–Crippen LogP) is 1.70. The first-order valence-electron chi connectivity index (χ1n) is 9.92. The molecule has 0 bridgehead atoms. The molecule has 0 spiro atoms. The second kappa shape index (κ2) is 10.9. The first-order valence-corrected chi connectivity index (χ1v) is 9.92. The highest BCUT2D eigenvalue weighted by Gasteiger charge is 2.27. The summed E-state index contributed by atoms with van der Waals surface area (Å²) in [5, 5.41) is 5.80. The number of esters is 1. The number of ether oxygens (including phenoxy) is 1. The van der Waals surface area contributed by atoms with E-state index in [4.69, 9.17) is 4.74 Å². The number of para-hydroxylation sites is 1. The monoisotopic (exact) mass is 411 g/mol. The lowest BCUT2D eigenvalue weighted by Crippen LogP contribution is -2.43. The Kier molecular flexibility index (Phi) is 7.71. The molecule has 1 aliphatic rings. The average Bonchev–Trinajstić information content (AvgIpc) is 2.79. The van der Waals surface area contributed by atoms with E-state index in [1.807, 2.05) is 30.3 Å². The van der Waals surface area contributed by atoms with Gasteiger partial charge in [0.1, 0.15) is 0 Å². The van der Waals surface area contributed by atoms with Gasteiger partial charge in [0, 0.05) is 43.6 Å². The molecule has 1 aromatic heterocycles. The van der Waals surface area contributed by atoms with Crippen LogP contribution in [0.5, 0.6) is 0 Å². The highest BCUT2D eigenvalue weighted by atomic mass is 16.5. The first kappa shape index (κ1) is 21.2. The Labute approximate surface area is 174 Å². The molecule has 30 heavy (non-hydrogen) atoms. The van der Waals surface area contributed by atoms with Gasteiger partial charge >= 0.3 is 5.97 Å². The number of nitrogens with one attached hydrogen (secondary N) is 2. The SMILES string of the molecule is O=C(CCNc1ncccn1)OCC(=O)N1CCC(C(=O)Nc2ccccc2)CC1. The fraction of sp³-hybridized carbons (Fsp3) is 0.381. The maximum absolute atomic E-state index is 12.4. The Morgan fingerprint density at radius 2 is 1.73 bits per heavy atom. The molecular weight excluding hydrogens is 386 g/mol. The number of nitrogens with zero attached hydrogens (tertiary/aromatic N) is 3. The third-order valence-corrected chi connectivity index (χ3v) is 4.79. The van der Waals surface area contributed by atoms with Crippen molar-refractivity contribution in [2.24, 2.45) is 5.92 Å². The smallest absolute Gasteiger partial charge is 0.308 e. The second-order valence-electron chi connectivity index (χ2n) is 6.92. The summed E-state index contributed by atoms with van der Waals surface area (Å²) in [7, 11) is 0. The lowest BCUT2D eigenvalue weighted by Gasteiger charge is -2.31. The van der Waals surface area contributed by atoms with Crippen LogP contribution in [0.15, 0.2) is 48.8 Å². The zero-order chi connectivity index (χ0) is 21.2. The van der Waals surface area contributed by atoms with Crippen molar-refractivity contribution in [1.82, 2.24) is 14.9 Å². The van der Waals surface area contributed by atoms with Crippen LogP contribution in [0.2, 0.25) is 0 Å². The number of likely N-dealkylation sites (tertiary alicyclic amines) is 1. The largest absolute Gasteiger partial charge is 0.456 e. The van der Waals surface area contributed by atoms with Crippen molar-refractivity contribution in [2.45, 2.75) is 19.3 Å². The molecule has 2 aromatic rings. The van der Waals surface area contributed by atoms with Crippen LogP contribution in [-0.2, 0) is 19.1 Å². The fourth-order valence-corrected chi connectivity index (χ4v) is 3.13. The van der Waals surface area contributed by atoms with Gasteiger partial charge in [-0.2, -0.15) is 0 Å². The van der Waals surface area contributed by atoms with E-state index in [0.717, 1.165) is 5.69 Å². The van der Waals surface area contributed by atoms with E-state index in [1.54, 1.807) is 23.4 Å². The van der Waals surface area contributed by atoms with Crippen LogP contribution >= 0.6 is 0 Å². The van der Waals surface area contributed by atoms with E-state index in [1.165, 1.54) is 0 Å². The summed E-state index contributed by atoms with van der Waals surface area (Å²) in [6, 6.07) is 11.0. The van der Waals surface area contributed by atoms with Crippen molar-refractivity contribution in [3.05, 3.63) is 48.8 Å². The summed E-state index contributed by atoms with van der Waals surface area (Å²) < 4.78 is 5.06. The number of anilines is 2. The van der Waals surface area contributed by atoms with Crippen molar-refractivity contribution in [2.75, 3.05) is 36.9 Å². The predicted molar refractivity (Wildman–Crippen MR) is 110 cm³/mol. The molecule has 0 saturated carbocycles. The van der Waals surface area contributed by atoms with Gasteiger partial charge in [-0.3, -0.25) is 14.4 Å². The number of aromatic nitrogens is 2. The van der Waals surface area contributed by atoms with Gasteiger partial charge in [-0.1, -0.05) is 18.2 Å². The summed E-state index contributed by atoms with van der Waals surface area (Å²) in [6.45, 7) is 0.965. The number of rotatable bonds is 8. The Morgan fingerprint density at radius 1 is 1.03 bits per heavy atom.